The van der Waals surface area contributed by atoms with Crippen molar-refractivity contribution < 1.29 is 14.9 Å². The van der Waals surface area contributed by atoms with Crippen molar-refractivity contribution in [1.82, 2.24) is 0 Å². The van der Waals surface area contributed by atoms with Crippen LogP contribution >= 0.6 is 0 Å². The van der Waals surface area contributed by atoms with E-state index in [9.17, 15) is 10.2 Å². The number of fused-ring (bicyclic) bond motifs is 2. The fourth-order valence-corrected chi connectivity index (χ4v) is 6.60. The minimum absolute atomic E-state index is 0.0422. The highest BCUT2D eigenvalue weighted by atomic mass is 16.5. The molecule has 1 spiro atoms. The topological polar surface area (TPSA) is 49.7 Å². The highest BCUT2D eigenvalue weighted by molar-refractivity contribution is 5.16. The molecular weight excluding hydrogens is 288 g/mol. The molecule has 0 aromatic rings. The number of aliphatic hydroxyl groups is 2. The first-order valence-corrected chi connectivity index (χ1v) is 9.60. The summed E-state index contributed by atoms with van der Waals surface area (Å²) < 4.78 is 6.89. The Bertz CT molecular complexity index is 462. The Labute approximate surface area is 141 Å². The highest BCUT2D eigenvalue weighted by Gasteiger charge is 2.67. The van der Waals surface area contributed by atoms with Gasteiger partial charge in [0.1, 0.15) is 0 Å². The van der Waals surface area contributed by atoms with E-state index in [2.05, 4.69) is 34.6 Å². The lowest BCUT2D eigenvalue weighted by Crippen LogP contribution is -2.65. The van der Waals surface area contributed by atoms with Crippen molar-refractivity contribution in [1.29, 1.82) is 0 Å². The summed E-state index contributed by atoms with van der Waals surface area (Å²) in [5.41, 5.74) is -0.189. The van der Waals surface area contributed by atoms with Crippen LogP contribution in [0, 0.1) is 22.7 Å². The van der Waals surface area contributed by atoms with Crippen molar-refractivity contribution in [3.05, 3.63) is 0 Å². The maximum absolute atomic E-state index is 10.6. The Morgan fingerprint density at radius 3 is 2.35 bits per heavy atom. The summed E-state index contributed by atoms with van der Waals surface area (Å²) in [6, 6.07) is 0. The van der Waals surface area contributed by atoms with Crippen LogP contribution in [0.2, 0.25) is 0 Å². The minimum Gasteiger partial charge on any atom is -0.396 e. The predicted molar refractivity (Wildman–Crippen MR) is 92.2 cm³/mol. The number of hydrogen-bond donors (Lipinski definition) is 2. The molecule has 3 aliphatic rings. The molecule has 23 heavy (non-hydrogen) atoms. The van der Waals surface area contributed by atoms with Gasteiger partial charge in [0.15, 0.2) is 0 Å². The average molecular weight is 325 g/mol. The van der Waals surface area contributed by atoms with Crippen molar-refractivity contribution in [3.8, 4) is 0 Å². The van der Waals surface area contributed by atoms with E-state index in [1.165, 1.54) is 12.8 Å². The van der Waals surface area contributed by atoms with Gasteiger partial charge in [-0.3, -0.25) is 0 Å². The molecule has 0 unspecified atom stereocenters. The molecule has 1 saturated heterocycles. The molecule has 3 heteroatoms. The van der Waals surface area contributed by atoms with Gasteiger partial charge in [-0.25, -0.2) is 0 Å². The molecule has 0 aromatic carbocycles. The third-order valence-electron chi connectivity index (χ3n) is 8.21. The summed E-state index contributed by atoms with van der Waals surface area (Å²) in [6.45, 7) is 11.7. The van der Waals surface area contributed by atoms with Crippen LogP contribution in [-0.2, 0) is 4.74 Å². The standard InChI is InChI=1S/C20H36O3/c1-14-6-7-15-17(2,3)16(22)8-9-19(15,5)20(14)11-10-18(4,23-20)12-13-21/h14-16,21-22H,6-13H2,1-5H3/t14-,15-,16-,18+,19-,20+/m0/s1. The normalized spacial score (nSPS) is 52.6. The van der Waals surface area contributed by atoms with Crippen molar-refractivity contribution >= 4 is 0 Å². The van der Waals surface area contributed by atoms with E-state index >= 15 is 0 Å². The molecule has 3 fully saturated rings. The summed E-state index contributed by atoms with van der Waals surface area (Å²) in [6.07, 6.45) is 7.00. The molecule has 3 nitrogen and oxygen atoms in total. The Hall–Kier alpha value is -0.120. The largest absolute Gasteiger partial charge is 0.396 e. The Balaban J connectivity index is 1.99. The second-order valence-electron chi connectivity index (χ2n) is 9.74. The van der Waals surface area contributed by atoms with Crippen molar-refractivity contribution in [2.75, 3.05) is 6.61 Å². The van der Waals surface area contributed by atoms with Crippen LogP contribution in [0.5, 0.6) is 0 Å². The Kier molecular flexibility index (Phi) is 4.18. The first-order chi connectivity index (χ1) is 10.6. The molecule has 0 radical (unpaired) electrons. The lowest BCUT2D eigenvalue weighted by molar-refractivity contribution is -0.259. The zero-order valence-corrected chi connectivity index (χ0v) is 15.7. The van der Waals surface area contributed by atoms with E-state index in [1.54, 1.807) is 0 Å². The van der Waals surface area contributed by atoms with Crippen LogP contribution < -0.4 is 0 Å². The molecule has 1 heterocycles. The summed E-state index contributed by atoms with van der Waals surface area (Å²) in [5.74, 6) is 1.06. The van der Waals surface area contributed by atoms with Crippen LogP contribution in [-0.4, -0.2) is 34.1 Å². The second kappa shape index (κ2) is 5.44. The van der Waals surface area contributed by atoms with Gasteiger partial charge in [0.05, 0.1) is 17.3 Å². The van der Waals surface area contributed by atoms with Crippen LogP contribution in [0.1, 0.15) is 79.6 Å². The maximum atomic E-state index is 10.6. The van der Waals surface area contributed by atoms with Crippen molar-refractivity contribution in [2.45, 2.75) is 96.9 Å². The zero-order valence-electron chi connectivity index (χ0n) is 15.7. The summed E-state index contributed by atoms with van der Waals surface area (Å²) in [7, 11) is 0. The molecule has 1 aliphatic heterocycles. The summed E-state index contributed by atoms with van der Waals surface area (Å²) in [5, 5.41) is 20.0. The van der Waals surface area contributed by atoms with Gasteiger partial charge in [-0.15, -0.1) is 0 Å². The molecular formula is C20H36O3. The van der Waals surface area contributed by atoms with Crippen LogP contribution in [0.15, 0.2) is 0 Å². The highest BCUT2D eigenvalue weighted by Crippen LogP contribution is 2.67. The van der Waals surface area contributed by atoms with Gasteiger partial charge in [-0.05, 0) is 69.1 Å². The average Bonchev–Trinajstić information content (AvgIpc) is 2.81. The van der Waals surface area contributed by atoms with Crippen molar-refractivity contribution in [3.63, 3.8) is 0 Å². The third-order valence-corrected chi connectivity index (χ3v) is 8.21. The summed E-state index contributed by atoms with van der Waals surface area (Å²) >= 11 is 0. The SMILES string of the molecule is C[C@H]1CC[C@H]2C(C)(C)[C@@H](O)CC[C@]2(C)[C@@]12CC[C@](C)(CCO)O2. The predicted octanol–water partition coefficient (Wildman–Crippen LogP) is 3.91. The molecule has 2 aliphatic carbocycles. The number of hydrogen-bond acceptors (Lipinski definition) is 3. The molecule has 134 valence electrons. The molecule has 0 aromatic heterocycles. The van der Waals surface area contributed by atoms with E-state index in [0.717, 1.165) is 32.1 Å². The molecule has 2 saturated carbocycles. The van der Waals surface area contributed by atoms with E-state index in [4.69, 9.17) is 4.74 Å². The van der Waals surface area contributed by atoms with E-state index in [-0.39, 0.29) is 34.7 Å². The van der Waals surface area contributed by atoms with E-state index in [1.807, 2.05) is 0 Å². The Morgan fingerprint density at radius 1 is 1.00 bits per heavy atom. The van der Waals surface area contributed by atoms with E-state index < -0.39 is 0 Å². The summed E-state index contributed by atoms with van der Waals surface area (Å²) in [4.78, 5) is 0. The molecule has 3 rings (SSSR count). The van der Waals surface area contributed by atoms with Crippen LogP contribution in [0.4, 0.5) is 0 Å². The van der Waals surface area contributed by atoms with Crippen LogP contribution in [0.3, 0.4) is 0 Å². The van der Waals surface area contributed by atoms with Crippen molar-refractivity contribution in [2.24, 2.45) is 22.7 Å². The monoisotopic (exact) mass is 324 g/mol. The molecule has 2 N–H and O–H groups in total. The lowest BCUT2D eigenvalue weighted by Gasteiger charge is -2.64. The van der Waals surface area contributed by atoms with Gasteiger partial charge in [0.2, 0.25) is 0 Å². The number of rotatable bonds is 2. The first-order valence-electron chi connectivity index (χ1n) is 9.60. The van der Waals surface area contributed by atoms with Gasteiger partial charge < -0.3 is 14.9 Å². The number of aliphatic hydroxyl groups excluding tert-OH is 2. The quantitative estimate of drug-likeness (QED) is 0.809. The van der Waals surface area contributed by atoms with Gasteiger partial charge in [-0.2, -0.15) is 0 Å². The van der Waals surface area contributed by atoms with Gasteiger partial charge in [-0.1, -0.05) is 27.7 Å². The van der Waals surface area contributed by atoms with Gasteiger partial charge in [0, 0.05) is 12.0 Å². The first kappa shape index (κ1) is 17.7. The van der Waals surface area contributed by atoms with Gasteiger partial charge >= 0.3 is 0 Å². The second-order valence-corrected chi connectivity index (χ2v) is 9.74. The molecule has 0 bridgehead atoms. The third kappa shape index (κ3) is 2.33. The molecule has 6 atom stereocenters. The fraction of sp³-hybridized carbons (Fsp3) is 1.00. The minimum atomic E-state index is -0.198. The zero-order chi connectivity index (χ0) is 17.1. The lowest BCUT2D eigenvalue weighted by atomic mass is 9.44. The fourth-order valence-electron chi connectivity index (χ4n) is 6.60. The van der Waals surface area contributed by atoms with E-state index in [0.29, 0.717) is 11.8 Å². The van der Waals surface area contributed by atoms with Crippen LogP contribution in [0.25, 0.3) is 0 Å². The number of ether oxygens (including phenoxy) is 1. The Morgan fingerprint density at radius 2 is 1.70 bits per heavy atom. The maximum Gasteiger partial charge on any atom is 0.0772 e. The smallest absolute Gasteiger partial charge is 0.0772 e. The molecule has 0 amide bonds. The van der Waals surface area contributed by atoms with Gasteiger partial charge in [0.25, 0.3) is 0 Å².